The summed E-state index contributed by atoms with van der Waals surface area (Å²) in [4.78, 5) is 2.59. The number of rotatable bonds is 3. The molecule has 1 unspecified atom stereocenters. The first-order valence-corrected chi connectivity index (χ1v) is 7.37. The molecule has 1 atom stereocenters. The molecule has 1 saturated carbocycles. The Morgan fingerprint density at radius 3 is 2.83 bits per heavy atom. The van der Waals surface area contributed by atoms with Crippen LogP contribution in [0, 0.1) is 5.92 Å². The van der Waals surface area contributed by atoms with Crippen LogP contribution in [0.2, 0.25) is 0 Å². The summed E-state index contributed by atoms with van der Waals surface area (Å²) in [6, 6.07) is 6.94. The molecule has 1 aromatic carbocycles. The quantitative estimate of drug-likeness (QED) is 0.884. The van der Waals surface area contributed by atoms with E-state index in [0.717, 1.165) is 5.92 Å². The van der Waals surface area contributed by atoms with E-state index in [9.17, 15) is 0 Å². The van der Waals surface area contributed by atoms with Gasteiger partial charge in [0.15, 0.2) is 0 Å². The Kier molecular flexibility index (Phi) is 3.29. The van der Waals surface area contributed by atoms with Crippen molar-refractivity contribution >= 4 is 5.69 Å². The molecule has 18 heavy (non-hydrogen) atoms. The van der Waals surface area contributed by atoms with Gasteiger partial charge in [-0.1, -0.05) is 25.0 Å². The van der Waals surface area contributed by atoms with E-state index in [-0.39, 0.29) is 6.04 Å². The molecule has 0 bridgehead atoms. The van der Waals surface area contributed by atoms with Crippen LogP contribution < -0.4 is 10.6 Å². The highest BCUT2D eigenvalue weighted by Gasteiger charge is 2.24. The van der Waals surface area contributed by atoms with Gasteiger partial charge in [0.2, 0.25) is 0 Å². The van der Waals surface area contributed by atoms with Crippen molar-refractivity contribution in [3.63, 3.8) is 0 Å². The van der Waals surface area contributed by atoms with E-state index >= 15 is 0 Å². The van der Waals surface area contributed by atoms with E-state index in [1.54, 1.807) is 0 Å². The molecule has 1 aliphatic heterocycles. The fraction of sp³-hybridized carbons (Fsp3) is 0.625. The summed E-state index contributed by atoms with van der Waals surface area (Å²) in [5.74, 6) is 0.926. The highest BCUT2D eigenvalue weighted by molar-refractivity contribution is 5.59. The largest absolute Gasteiger partial charge is 0.371 e. The van der Waals surface area contributed by atoms with Gasteiger partial charge in [-0.3, -0.25) is 0 Å². The lowest BCUT2D eigenvalue weighted by atomic mass is 10.0. The molecule has 0 spiro atoms. The number of fused-ring (bicyclic) bond motifs is 1. The molecule has 1 aliphatic carbocycles. The van der Waals surface area contributed by atoms with Gasteiger partial charge in [0.25, 0.3) is 0 Å². The summed E-state index contributed by atoms with van der Waals surface area (Å²) < 4.78 is 0. The molecule has 1 fully saturated rings. The van der Waals surface area contributed by atoms with Crippen molar-refractivity contribution < 1.29 is 0 Å². The van der Waals surface area contributed by atoms with Gasteiger partial charge in [0.1, 0.15) is 0 Å². The third kappa shape index (κ3) is 2.26. The van der Waals surface area contributed by atoms with Crippen LogP contribution in [0.25, 0.3) is 0 Å². The Labute approximate surface area is 110 Å². The van der Waals surface area contributed by atoms with E-state index in [2.05, 4.69) is 30.0 Å². The molecule has 0 saturated heterocycles. The highest BCUT2D eigenvalue weighted by Crippen LogP contribution is 2.33. The van der Waals surface area contributed by atoms with Crippen molar-refractivity contribution in [2.45, 2.75) is 45.1 Å². The number of hydrogen-bond donors (Lipinski definition) is 1. The van der Waals surface area contributed by atoms with E-state index < -0.39 is 0 Å². The summed E-state index contributed by atoms with van der Waals surface area (Å²) in [5.41, 5.74) is 10.2. The SMILES string of the molecule is CC(N)c1ccc2c(c1)N(CC1CCCC1)CC2. The maximum atomic E-state index is 6.00. The van der Waals surface area contributed by atoms with Crippen LogP contribution in [0.4, 0.5) is 5.69 Å². The first-order valence-electron chi connectivity index (χ1n) is 7.37. The van der Waals surface area contributed by atoms with Crippen molar-refractivity contribution in [2.24, 2.45) is 11.7 Å². The van der Waals surface area contributed by atoms with Crippen LogP contribution in [0.15, 0.2) is 18.2 Å². The van der Waals surface area contributed by atoms with Crippen molar-refractivity contribution in [1.82, 2.24) is 0 Å². The number of anilines is 1. The van der Waals surface area contributed by atoms with Crippen molar-refractivity contribution in [1.29, 1.82) is 0 Å². The van der Waals surface area contributed by atoms with Crippen molar-refractivity contribution in [3.8, 4) is 0 Å². The molecule has 2 aliphatic rings. The zero-order valence-corrected chi connectivity index (χ0v) is 11.4. The number of nitrogens with two attached hydrogens (primary N) is 1. The molecule has 2 N–H and O–H groups in total. The second-order valence-corrected chi connectivity index (χ2v) is 6.02. The minimum absolute atomic E-state index is 0.143. The first kappa shape index (κ1) is 12.0. The van der Waals surface area contributed by atoms with E-state index in [0.29, 0.717) is 0 Å². The standard InChI is InChI=1S/C16H24N2/c1-12(17)15-7-6-14-8-9-18(16(14)10-15)11-13-4-2-3-5-13/h6-7,10,12-13H,2-5,8-9,11,17H2,1H3. The van der Waals surface area contributed by atoms with Gasteiger partial charge < -0.3 is 10.6 Å². The molecule has 98 valence electrons. The van der Waals surface area contributed by atoms with Crippen LogP contribution in [-0.2, 0) is 6.42 Å². The maximum Gasteiger partial charge on any atom is 0.0402 e. The molecular weight excluding hydrogens is 220 g/mol. The molecule has 2 nitrogen and oxygen atoms in total. The molecule has 0 radical (unpaired) electrons. The lowest BCUT2D eigenvalue weighted by Crippen LogP contribution is -2.26. The van der Waals surface area contributed by atoms with Gasteiger partial charge in [-0.05, 0) is 49.3 Å². The third-order valence-corrected chi connectivity index (χ3v) is 4.58. The third-order valence-electron chi connectivity index (χ3n) is 4.58. The second-order valence-electron chi connectivity index (χ2n) is 6.02. The Morgan fingerprint density at radius 2 is 2.11 bits per heavy atom. The van der Waals surface area contributed by atoms with Crippen LogP contribution in [0.5, 0.6) is 0 Å². The molecule has 0 amide bonds. The van der Waals surface area contributed by atoms with Gasteiger partial charge in [0, 0.05) is 24.8 Å². The summed E-state index contributed by atoms with van der Waals surface area (Å²) in [6.45, 7) is 4.53. The Morgan fingerprint density at radius 1 is 1.33 bits per heavy atom. The Hall–Kier alpha value is -1.02. The number of hydrogen-bond acceptors (Lipinski definition) is 2. The first-order chi connectivity index (χ1) is 8.74. The van der Waals surface area contributed by atoms with E-state index in [1.807, 2.05) is 0 Å². The minimum Gasteiger partial charge on any atom is -0.371 e. The van der Waals surface area contributed by atoms with Gasteiger partial charge in [-0.25, -0.2) is 0 Å². The average molecular weight is 244 g/mol. The minimum atomic E-state index is 0.143. The zero-order valence-electron chi connectivity index (χ0n) is 11.4. The fourth-order valence-electron chi connectivity index (χ4n) is 3.44. The van der Waals surface area contributed by atoms with Gasteiger partial charge >= 0.3 is 0 Å². The molecule has 1 aromatic rings. The summed E-state index contributed by atoms with van der Waals surface area (Å²) in [5, 5.41) is 0. The average Bonchev–Trinajstić information content (AvgIpc) is 2.99. The fourth-order valence-corrected chi connectivity index (χ4v) is 3.44. The molecule has 3 rings (SSSR count). The topological polar surface area (TPSA) is 29.3 Å². The number of benzene rings is 1. The second kappa shape index (κ2) is 4.93. The predicted molar refractivity (Wildman–Crippen MR) is 76.9 cm³/mol. The van der Waals surface area contributed by atoms with E-state index in [1.165, 1.54) is 62.0 Å². The molecule has 0 aromatic heterocycles. The van der Waals surface area contributed by atoms with Crippen LogP contribution in [0.3, 0.4) is 0 Å². The smallest absolute Gasteiger partial charge is 0.0402 e. The van der Waals surface area contributed by atoms with Gasteiger partial charge in [0.05, 0.1) is 0 Å². The van der Waals surface area contributed by atoms with Crippen LogP contribution in [-0.4, -0.2) is 13.1 Å². The molecule has 2 heteroatoms. The van der Waals surface area contributed by atoms with Crippen LogP contribution in [0.1, 0.15) is 49.8 Å². The molecular formula is C16H24N2. The highest BCUT2D eigenvalue weighted by atomic mass is 15.1. The Balaban J connectivity index is 1.78. The van der Waals surface area contributed by atoms with Gasteiger partial charge in [-0.15, -0.1) is 0 Å². The zero-order chi connectivity index (χ0) is 12.5. The van der Waals surface area contributed by atoms with Crippen LogP contribution >= 0.6 is 0 Å². The number of nitrogens with zero attached hydrogens (tertiary/aromatic N) is 1. The lowest BCUT2D eigenvalue weighted by molar-refractivity contribution is 0.538. The van der Waals surface area contributed by atoms with E-state index in [4.69, 9.17) is 5.73 Å². The van der Waals surface area contributed by atoms with Gasteiger partial charge in [-0.2, -0.15) is 0 Å². The Bertz CT molecular complexity index is 419. The summed E-state index contributed by atoms with van der Waals surface area (Å²) in [7, 11) is 0. The maximum absolute atomic E-state index is 6.00. The van der Waals surface area contributed by atoms with Crippen molar-refractivity contribution in [3.05, 3.63) is 29.3 Å². The lowest BCUT2D eigenvalue weighted by Gasteiger charge is -2.24. The summed E-state index contributed by atoms with van der Waals surface area (Å²) in [6.07, 6.45) is 6.94. The summed E-state index contributed by atoms with van der Waals surface area (Å²) >= 11 is 0. The monoisotopic (exact) mass is 244 g/mol. The molecule has 1 heterocycles. The van der Waals surface area contributed by atoms with Crippen molar-refractivity contribution in [2.75, 3.05) is 18.0 Å². The predicted octanol–water partition coefficient (Wildman–Crippen LogP) is 3.26. The normalized spacial score (nSPS) is 21.3.